The van der Waals surface area contributed by atoms with Crippen LogP contribution >= 0.6 is 0 Å². The average molecular weight is 232 g/mol. The molecule has 0 aliphatic carbocycles. The fourth-order valence-electron chi connectivity index (χ4n) is 1.93. The summed E-state index contributed by atoms with van der Waals surface area (Å²) in [7, 11) is 0. The van der Waals surface area contributed by atoms with Crippen LogP contribution in [-0.2, 0) is 0 Å². The van der Waals surface area contributed by atoms with Crippen molar-refractivity contribution in [1.82, 2.24) is 4.98 Å². The van der Waals surface area contributed by atoms with Crippen LogP contribution in [0.3, 0.4) is 0 Å². The van der Waals surface area contributed by atoms with Gasteiger partial charge in [-0.25, -0.2) is 0 Å². The molecule has 4 N–H and O–H groups in total. The van der Waals surface area contributed by atoms with E-state index in [9.17, 15) is 10.2 Å². The second-order valence-corrected chi connectivity index (χ2v) is 4.03. The summed E-state index contributed by atoms with van der Waals surface area (Å²) in [5, 5.41) is 21.7. The number of nitrogens with two attached hydrogens (primary N) is 1. The van der Waals surface area contributed by atoms with E-state index < -0.39 is 12.2 Å². The molecule has 2 unspecified atom stereocenters. The van der Waals surface area contributed by atoms with Crippen molar-refractivity contribution in [3.63, 3.8) is 0 Å². The van der Waals surface area contributed by atoms with Gasteiger partial charge >= 0.3 is 0 Å². The van der Waals surface area contributed by atoms with Gasteiger partial charge in [0.1, 0.15) is 6.10 Å². The van der Waals surface area contributed by atoms with Crippen LogP contribution in [0, 0.1) is 0 Å². The first-order valence-corrected chi connectivity index (χ1v) is 5.63. The van der Waals surface area contributed by atoms with Crippen molar-refractivity contribution in [3.05, 3.63) is 42.2 Å². The maximum atomic E-state index is 10.1. The molecule has 1 heterocycles. The monoisotopic (exact) mass is 232 g/mol. The zero-order chi connectivity index (χ0) is 12.3. The third-order valence-electron chi connectivity index (χ3n) is 2.86. The van der Waals surface area contributed by atoms with E-state index in [1.54, 1.807) is 18.5 Å². The summed E-state index contributed by atoms with van der Waals surface area (Å²) in [6.07, 6.45) is 2.01. The summed E-state index contributed by atoms with van der Waals surface area (Å²) in [5.41, 5.74) is 6.07. The SMILES string of the molecule is NCCC(O)C(O)c1cccc2ccncc12. The standard InChI is InChI=1S/C13H16N2O2/c14-6-4-12(16)13(17)10-3-1-2-9-5-7-15-8-11(9)10/h1-3,5,7-8,12-13,16-17H,4,6,14H2. The molecule has 0 aliphatic rings. The quantitative estimate of drug-likeness (QED) is 0.734. The molecule has 2 aromatic rings. The third kappa shape index (κ3) is 2.44. The minimum absolute atomic E-state index is 0.348. The van der Waals surface area contributed by atoms with Crippen LogP contribution in [0.5, 0.6) is 0 Å². The fraction of sp³-hybridized carbons (Fsp3) is 0.308. The topological polar surface area (TPSA) is 79.4 Å². The molecule has 1 aromatic carbocycles. The van der Waals surface area contributed by atoms with Gasteiger partial charge in [-0.1, -0.05) is 18.2 Å². The van der Waals surface area contributed by atoms with Gasteiger partial charge < -0.3 is 15.9 Å². The van der Waals surface area contributed by atoms with Gasteiger partial charge in [-0.2, -0.15) is 0 Å². The molecule has 0 saturated heterocycles. The Morgan fingerprint density at radius 2 is 2.06 bits per heavy atom. The summed E-state index contributed by atoms with van der Waals surface area (Å²) < 4.78 is 0. The second-order valence-electron chi connectivity index (χ2n) is 4.03. The Kier molecular flexibility index (Phi) is 3.68. The highest BCUT2D eigenvalue weighted by Crippen LogP contribution is 2.26. The molecule has 4 heteroatoms. The van der Waals surface area contributed by atoms with Crippen LogP contribution < -0.4 is 5.73 Å². The molecular formula is C13H16N2O2. The summed E-state index contributed by atoms with van der Waals surface area (Å²) in [4.78, 5) is 4.04. The molecule has 0 bridgehead atoms. The molecule has 2 rings (SSSR count). The van der Waals surface area contributed by atoms with Gasteiger partial charge in [0.2, 0.25) is 0 Å². The minimum Gasteiger partial charge on any atom is -0.390 e. The Bertz CT molecular complexity index is 496. The lowest BCUT2D eigenvalue weighted by molar-refractivity contribution is 0.0159. The molecule has 0 saturated carbocycles. The number of aliphatic hydroxyl groups is 2. The Balaban J connectivity index is 2.41. The lowest BCUT2D eigenvalue weighted by atomic mass is 9.97. The highest BCUT2D eigenvalue weighted by atomic mass is 16.3. The van der Waals surface area contributed by atoms with Gasteiger partial charge in [-0.05, 0) is 30.0 Å². The lowest BCUT2D eigenvalue weighted by Gasteiger charge is -2.18. The van der Waals surface area contributed by atoms with Crippen molar-refractivity contribution in [2.75, 3.05) is 6.54 Å². The number of hydrogen-bond donors (Lipinski definition) is 3. The van der Waals surface area contributed by atoms with Crippen molar-refractivity contribution in [2.24, 2.45) is 5.73 Å². The number of benzene rings is 1. The Hall–Kier alpha value is -1.49. The predicted molar refractivity (Wildman–Crippen MR) is 66.4 cm³/mol. The van der Waals surface area contributed by atoms with Crippen LogP contribution in [0.25, 0.3) is 10.8 Å². The van der Waals surface area contributed by atoms with Gasteiger partial charge in [0.05, 0.1) is 6.10 Å². The van der Waals surface area contributed by atoms with Gasteiger partial charge in [0.15, 0.2) is 0 Å². The molecule has 0 spiro atoms. The number of nitrogens with zero attached hydrogens (tertiary/aromatic N) is 1. The maximum absolute atomic E-state index is 10.1. The third-order valence-corrected chi connectivity index (χ3v) is 2.86. The van der Waals surface area contributed by atoms with Gasteiger partial charge in [0, 0.05) is 17.8 Å². The minimum atomic E-state index is -0.925. The summed E-state index contributed by atoms with van der Waals surface area (Å²) in [6, 6.07) is 7.48. The normalized spacial score (nSPS) is 14.8. The largest absolute Gasteiger partial charge is 0.390 e. The maximum Gasteiger partial charge on any atom is 0.106 e. The van der Waals surface area contributed by atoms with Crippen LogP contribution in [0.1, 0.15) is 18.1 Å². The molecule has 2 atom stereocenters. The first-order valence-electron chi connectivity index (χ1n) is 5.63. The van der Waals surface area contributed by atoms with Gasteiger partial charge in [0.25, 0.3) is 0 Å². The summed E-state index contributed by atoms with van der Waals surface area (Å²) >= 11 is 0. The van der Waals surface area contributed by atoms with E-state index in [0.29, 0.717) is 18.5 Å². The molecule has 17 heavy (non-hydrogen) atoms. The highest BCUT2D eigenvalue weighted by molar-refractivity contribution is 5.85. The van der Waals surface area contributed by atoms with E-state index in [4.69, 9.17) is 5.73 Å². The van der Waals surface area contributed by atoms with Crippen LogP contribution in [0.15, 0.2) is 36.7 Å². The Morgan fingerprint density at radius 1 is 1.24 bits per heavy atom. The molecule has 0 radical (unpaired) electrons. The molecule has 90 valence electrons. The Labute approximate surface area is 99.7 Å². The van der Waals surface area contributed by atoms with Gasteiger partial charge in [-0.15, -0.1) is 0 Å². The van der Waals surface area contributed by atoms with Crippen molar-refractivity contribution in [3.8, 4) is 0 Å². The van der Waals surface area contributed by atoms with Crippen LogP contribution in [-0.4, -0.2) is 27.8 Å². The number of aromatic nitrogens is 1. The zero-order valence-electron chi connectivity index (χ0n) is 9.45. The molecule has 1 aromatic heterocycles. The van der Waals surface area contributed by atoms with Crippen LogP contribution in [0.2, 0.25) is 0 Å². The summed E-state index contributed by atoms with van der Waals surface area (Å²) in [5.74, 6) is 0. The predicted octanol–water partition coefficient (Wildman–Crippen LogP) is 0.978. The Morgan fingerprint density at radius 3 is 2.82 bits per heavy atom. The van der Waals surface area contributed by atoms with Crippen molar-refractivity contribution in [1.29, 1.82) is 0 Å². The van der Waals surface area contributed by atoms with E-state index in [1.807, 2.05) is 18.2 Å². The number of hydrogen-bond acceptors (Lipinski definition) is 4. The number of rotatable bonds is 4. The van der Waals surface area contributed by atoms with E-state index in [1.165, 1.54) is 0 Å². The highest BCUT2D eigenvalue weighted by Gasteiger charge is 2.19. The zero-order valence-corrected chi connectivity index (χ0v) is 9.45. The van der Waals surface area contributed by atoms with Crippen molar-refractivity contribution < 1.29 is 10.2 Å². The lowest BCUT2D eigenvalue weighted by Crippen LogP contribution is -2.21. The van der Waals surface area contributed by atoms with Crippen LogP contribution in [0.4, 0.5) is 0 Å². The smallest absolute Gasteiger partial charge is 0.106 e. The fourth-order valence-corrected chi connectivity index (χ4v) is 1.93. The molecular weight excluding hydrogens is 216 g/mol. The van der Waals surface area contributed by atoms with E-state index >= 15 is 0 Å². The summed E-state index contributed by atoms with van der Waals surface area (Å²) in [6.45, 7) is 0.348. The molecule has 0 fully saturated rings. The van der Waals surface area contributed by atoms with Crippen molar-refractivity contribution >= 4 is 10.8 Å². The molecule has 0 amide bonds. The number of fused-ring (bicyclic) bond motifs is 1. The molecule has 4 nitrogen and oxygen atoms in total. The number of aliphatic hydroxyl groups excluding tert-OH is 2. The first-order chi connectivity index (χ1) is 8.24. The second kappa shape index (κ2) is 5.23. The average Bonchev–Trinajstić information content (AvgIpc) is 2.37. The molecule has 0 aliphatic heterocycles. The van der Waals surface area contributed by atoms with Gasteiger partial charge in [-0.3, -0.25) is 4.98 Å². The van der Waals surface area contributed by atoms with Crippen molar-refractivity contribution in [2.45, 2.75) is 18.6 Å². The first kappa shape index (κ1) is 12.0. The van der Waals surface area contributed by atoms with E-state index in [-0.39, 0.29) is 0 Å². The number of pyridine rings is 1. The van der Waals surface area contributed by atoms with E-state index in [2.05, 4.69) is 4.98 Å². The van der Waals surface area contributed by atoms with E-state index in [0.717, 1.165) is 10.8 Å².